The molecule has 2 aromatic carbocycles. The van der Waals surface area contributed by atoms with Crippen molar-refractivity contribution in [2.45, 2.75) is 25.9 Å². The van der Waals surface area contributed by atoms with Crippen molar-refractivity contribution in [3.63, 3.8) is 0 Å². The van der Waals surface area contributed by atoms with Gasteiger partial charge in [0.05, 0.1) is 35.9 Å². The topological polar surface area (TPSA) is 206 Å². The summed E-state index contributed by atoms with van der Waals surface area (Å²) in [5.41, 5.74) is 16.0. The van der Waals surface area contributed by atoms with Gasteiger partial charge in [-0.3, -0.25) is 9.59 Å². The fourth-order valence-electron chi connectivity index (χ4n) is 6.64. The predicted octanol–water partition coefficient (Wildman–Crippen LogP) is 2.56. The smallest absolute Gasteiger partial charge is 0.237 e. The van der Waals surface area contributed by atoms with Crippen LogP contribution in [-0.4, -0.2) is 143 Å². The number of likely N-dealkylation sites (N-methyl/N-ethyl adjacent to an activating group) is 2. The van der Waals surface area contributed by atoms with Crippen LogP contribution in [0.2, 0.25) is 0 Å². The summed E-state index contributed by atoms with van der Waals surface area (Å²) in [4.78, 5) is 34.5. The van der Waals surface area contributed by atoms with Gasteiger partial charge in [0.1, 0.15) is 11.5 Å². The summed E-state index contributed by atoms with van der Waals surface area (Å²) >= 11 is 0. The summed E-state index contributed by atoms with van der Waals surface area (Å²) in [6.07, 6.45) is 0. The highest BCUT2D eigenvalue weighted by atomic mass is 35.5. The van der Waals surface area contributed by atoms with Crippen molar-refractivity contribution in [2.24, 2.45) is 0 Å². The molecular weight excluding hydrogens is 747 g/mol. The van der Waals surface area contributed by atoms with Crippen molar-refractivity contribution in [1.82, 2.24) is 40.4 Å². The molecule has 2 unspecified atom stereocenters. The number of aromatic hydroxyl groups is 2. The van der Waals surface area contributed by atoms with E-state index in [1.165, 1.54) is 0 Å². The van der Waals surface area contributed by atoms with Gasteiger partial charge in [-0.25, -0.2) is 0 Å². The Labute approximate surface area is 334 Å². The molecule has 2 aliphatic heterocycles. The number of piperazine rings is 2. The lowest BCUT2D eigenvalue weighted by Gasteiger charge is -2.41. The number of hydrogen-bond donors (Lipinski definition) is 5. The first kappa shape index (κ1) is 44.2. The van der Waals surface area contributed by atoms with Crippen LogP contribution in [0.4, 0.5) is 23.0 Å². The number of benzene rings is 2. The van der Waals surface area contributed by atoms with Gasteiger partial charge in [-0.05, 0) is 71.4 Å². The summed E-state index contributed by atoms with van der Waals surface area (Å²) in [7, 11) is 5.55. The molecule has 298 valence electrons. The molecule has 0 spiro atoms. The molecule has 7 N–H and O–H groups in total. The highest BCUT2D eigenvalue weighted by Gasteiger charge is 2.30. The minimum atomic E-state index is 0. The average molecular weight is 800 g/mol. The Morgan fingerprint density at radius 1 is 0.727 bits per heavy atom. The fraction of sp³-hybridized carbons (Fsp3) is 0.405. The zero-order valence-corrected chi connectivity index (χ0v) is 33.4. The molecule has 2 amide bonds. The number of rotatable bonds is 8. The first-order chi connectivity index (χ1) is 25.4. The number of nitrogens with two attached hydrogens (primary N) is 2. The van der Waals surface area contributed by atoms with E-state index in [1.54, 1.807) is 43.4 Å². The van der Waals surface area contributed by atoms with Crippen molar-refractivity contribution >= 4 is 59.6 Å². The maximum atomic E-state index is 12.4. The number of nitrogens with zero attached hydrogens (tertiary/aromatic N) is 9. The van der Waals surface area contributed by atoms with Gasteiger partial charge in [-0.15, -0.1) is 45.2 Å². The molecular formula is C37H52Cl2N12O4. The number of carbonyl (C=O) groups excluding carboxylic acids is 2. The molecule has 2 aliphatic rings. The van der Waals surface area contributed by atoms with E-state index in [2.05, 4.69) is 35.5 Å². The largest absolute Gasteiger partial charge is 0.507 e. The molecule has 0 saturated carbocycles. The van der Waals surface area contributed by atoms with Gasteiger partial charge in [-0.2, -0.15) is 0 Å². The standard InChI is InChI=1S/C19H26N6O2.C18H24N6O2.2ClH/c1-13-11-24(8-9-25(13)18(27)12-23(2)3)16-10-15(21-22-19(16)20)14-6-4-5-7-17(14)26;1-12-11-23(7-8-24(12)17(26)10-20-2)15-9-14(21-22-18(15)19)13-5-3-4-6-16(13)25;;/h4-7,10,13,26H,8-9,11-12H2,1-3H3,(H2,20,22);3-6,9,12,20,25H,7-8,10-11H2,1-2H3,(H2,19,22);2*1H. The van der Waals surface area contributed by atoms with Crippen molar-refractivity contribution in [1.29, 1.82) is 0 Å². The summed E-state index contributed by atoms with van der Waals surface area (Å²) in [5.74, 6) is 1.20. The third kappa shape index (κ3) is 10.7. The number of aromatic nitrogens is 4. The second-order valence-corrected chi connectivity index (χ2v) is 13.6. The van der Waals surface area contributed by atoms with E-state index < -0.39 is 0 Å². The Kier molecular flexibility index (Phi) is 16.1. The highest BCUT2D eigenvalue weighted by molar-refractivity contribution is 5.86. The molecule has 4 aromatic rings. The number of nitrogens with one attached hydrogen (secondary N) is 1. The molecule has 2 fully saturated rings. The minimum Gasteiger partial charge on any atom is -0.507 e. The van der Waals surface area contributed by atoms with Gasteiger partial charge in [0, 0.05) is 62.5 Å². The summed E-state index contributed by atoms with van der Waals surface area (Å²) in [5, 5.41) is 39.4. The Bertz CT molecular complexity index is 1900. The summed E-state index contributed by atoms with van der Waals surface area (Å²) in [6.45, 7) is 8.69. The molecule has 18 heteroatoms. The Morgan fingerprint density at radius 3 is 1.53 bits per heavy atom. The second kappa shape index (κ2) is 20.0. The van der Waals surface area contributed by atoms with Gasteiger partial charge < -0.3 is 51.5 Å². The summed E-state index contributed by atoms with van der Waals surface area (Å²) in [6, 6.07) is 17.8. The Morgan fingerprint density at radius 2 is 1.15 bits per heavy atom. The SMILES string of the molecule is CC1CN(c2cc(-c3ccccc3O)nnc2N)CCN1C(=O)CN(C)C.CNCC(=O)N1CCN(c2cc(-c3ccccc3O)nnc2N)CC1C.Cl.Cl. The number of nitrogen functional groups attached to an aromatic ring is 2. The highest BCUT2D eigenvalue weighted by Crippen LogP contribution is 2.33. The number of hydrogen-bond acceptors (Lipinski definition) is 14. The monoisotopic (exact) mass is 798 g/mol. The van der Waals surface area contributed by atoms with E-state index in [-0.39, 0.29) is 60.2 Å². The van der Waals surface area contributed by atoms with Crippen LogP contribution in [0.15, 0.2) is 60.7 Å². The maximum absolute atomic E-state index is 12.4. The van der Waals surface area contributed by atoms with Crippen molar-refractivity contribution in [3.8, 4) is 34.0 Å². The van der Waals surface area contributed by atoms with Crippen molar-refractivity contribution in [2.75, 3.05) is 94.8 Å². The molecule has 0 bridgehead atoms. The van der Waals surface area contributed by atoms with E-state index in [4.69, 9.17) is 11.5 Å². The second-order valence-electron chi connectivity index (χ2n) is 13.6. The minimum absolute atomic E-state index is 0. The third-order valence-corrected chi connectivity index (χ3v) is 9.32. The van der Waals surface area contributed by atoms with Gasteiger partial charge >= 0.3 is 0 Å². The van der Waals surface area contributed by atoms with Crippen LogP contribution in [-0.2, 0) is 9.59 Å². The van der Waals surface area contributed by atoms with Crippen LogP contribution in [0.3, 0.4) is 0 Å². The zero-order valence-electron chi connectivity index (χ0n) is 31.8. The summed E-state index contributed by atoms with van der Waals surface area (Å²) < 4.78 is 0. The van der Waals surface area contributed by atoms with Crippen LogP contribution < -0.4 is 26.6 Å². The molecule has 2 aromatic heterocycles. The van der Waals surface area contributed by atoms with Crippen molar-refractivity contribution < 1.29 is 19.8 Å². The predicted molar refractivity (Wildman–Crippen MR) is 221 cm³/mol. The first-order valence-electron chi connectivity index (χ1n) is 17.6. The van der Waals surface area contributed by atoms with E-state index in [0.29, 0.717) is 86.5 Å². The van der Waals surface area contributed by atoms with E-state index in [0.717, 1.165) is 11.4 Å². The molecule has 6 rings (SSSR count). The van der Waals surface area contributed by atoms with E-state index in [1.807, 2.05) is 66.9 Å². The lowest BCUT2D eigenvalue weighted by atomic mass is 10.1. The zero-order chi connectivity index (χ0) is 38.2. The van der Waals surface area contributed by atoms with Crippen LogP contribution in [0.5, 0.6) is 11.5 Å². The lowest BCUT2D eigenvalue weighted by molar-refractivity contribution is -0.134. The number of carbonyl (C=O) groups is 2. The van der Waals surface area contributed by atoms with E-state index in [9.17, 15) is 19.8 Å². The maximum Gasteiger partial charge on any atom is 0.237 e. The molecule has 2 saturated heterocycles. The molecule has 0 aliphatic carbocycles. The van der Waals surface area contributed by atoms with Crippen molar-refractivity contribution in [3.05, 3.63) is 60.7 Å². The van der Waals surface area contributed by atoms with Gasteiger partial charge in [0.2, 0.25) is 11.8 Å². The quantitative estimate of drug-likeness (QED) is 0.174. The molecule has 16 nitrogen and oxygen atoms in total. The Hall–Kier alpha value is -5.16. The molecule has 55 heavy (non-hydrogen) atoms. The fourth-order valence-corrected chi connectivity index (χ4v) is 6.64. The number of halogens is 2. The molecule has 0 radical (unpaired) electrons. The van der Waals surface area contributed by atoms with Gasteiger partial charge in [-0.1, -0.05) is 24.3 Å². The lowest BCUT2D eigenvalue weighted by Crippen LogP contribution is -2.55. The van der Waals surface area contributed by atoms with Gasteiger partial charge in [0.15, 0.2) is 11.6 Å². The Balaban J connectivity index is 0.000000285. The van der Waals surface area contributed by atoms with Crippen LogP contribution in [0, 0.1) is 0 Å². The number of amides is 2. The first-order valence-corrected chi connectivity index (χ1v) is 17.6. The average Bonchev–Trinajstić information content (AvgIpc) is 3.12. The van der Waals surface area contributed by atoms with Gasteiger partial charge in [0.25, 0.3) is 0 Å². The third-order valence-electron chi connectivity index (χ3n) is 9.32. The normalized spacial score (nSPS) is 16.8. The van der Waals surface area contributed by atoms with Crippen LogP contribution in [0.25, 0.3) is 22.5 Å². The number of phenols is 2. The number of phenolic OH excluding ortho intramolecular Hbond substituents is 2. The number of para-hydroxylation sites is 2. The molecule has 4 heterocycles. The molecule has 2 atom stereocenters. The van der Waals surface area contributed by atoms with Crippen LogP contribution >= 0.6 is 24.8 Å². The number of anilines is 4. The van der Waals surface area contributed by atoms with Crippen LogP contribution in [0.1, 0.15) is 13.8 Å². The van der Waals surface area contributed by atoms with E-state index >= 15 is 0 Å².